The number of aromatic nitrogens is 2. The third kappa shape index (κ3) is 3.54. The Balaban J connectivity index is 1.11. The Labute approximate surface area is 177 Å². The van der Waals surface area contributed by atoms with Crippen molar-refractivity contribution in [3.8, 4) is 17.2 Å². The average molecular weight is 428 g/mol. The lowest BCUT2D eigenvalue weighted by atomic mass is 9.38. The van der Waals surface area contributed by atoms with Gasteiger partial charge in [-0.15, -0.1) is 5.10 Å². The number of Topliss-reactive ketones (excluding diaryl/α,β-unsaturated/α-hetero) is 1. The number of halogens is 2. The van der Waals surface area contributed by atoms with Crippen molar-refractivity contribution >= 4 is 23.4 Å². The van der Waals surface area contributed by atoms with Gasteiger partial charge < -0.3 is 14.5 Å². The van der Waals surface area contributed by atoms with Crippen LogP contribution in [0.3, 0.4) is 0 Å². The molecule has 1 aromatic heterocycles. The van der Waals surface area contributed by atoms with E-state index in [-0.39, 0.29) is 28.4 Å². The summed E-state index contributed by atoms with van der Waals surface area (Å²) in [5.74, 6) is 0.213. The van der Waals surface area contributed by atoms with Crippen LogP contribution in [-0.4, -0.2) is 28.1 Å². The van der Waals surface area contributed by atoms with Gasteiger partial charge in [-0.3, -0.25) is 4.79 Å². The lowest BCUT2D eigenvalue weighted by Gasteiger charge is -2.70. The zero-order chi connectivity index (χ0) is 20.8. The Kier molecular flexibility index (Phi) is 4.50. The fourth-order valence-electron chi connectivity index (χ4n) is 4.72. The van der Waals surface area contributed by atoms with Crippen LogP contribution in [0.1, 0.15) is 25.7 Å². The van der Waals surface area contributed by atoms with E-state index in [2.05, 4.69) is 15.5 Å². The maximum Gasteiger partial charge on any atom is 0.316 e. The molecule has 0 atom stereocenters. The Bertz CT molecular complexity index is 1080. The molecule has 0 spiro atoms. The van der Waals surface area contributed by atoms with Crippen LogP contribution in [-0.2, 0) is 4.79 Å². The van der Waals surface area contributed by atoms with Crippen LogP contribution in [0.4, 0.5) is 10.4 Å². The highest BCUT2D eigenvalue weighted by Gasteiger charge is 2.68. The molecule has 0 aliphatic heterocycles. The van der Waals surface area contributed by atoms with E-state index in [4.69, 9.17) is 20.8 Å². The van der Waals surface area contributed by atoms with Crippen LogP contribution in [0, 0.1) is 11.2 Å². The first kappa shape index (κ1) is 19.1. The maximum atomic E-state index is 13.4. The second-order valence-corrected chi connectivity index (χ2v) is 8.70. The second-order valence-electron chi connectivity index (χ2n) is 8.29. The summed E-state index contributed by atoms with van der Waals surface area (Å²) in [6.07, 6.45) is 3.09. The molecule has 6 rings (SSSR count). The van der Waals surface area contributed by atoms with Crippen LogP contribution >= 0.6 is 11.6 Å². The largest absolute Gasteiger partial charge is 0.486 e. The highest BCUT2D eigenvalue weighted by Crippen LogP contribution is 2.70. The quantitative estimate of drug-likeness (QED) is 0.550. The third-order valence-electron chi connectivity index (χ3n) is 5.82. The number of anilines is 1. The number of nitrogens with zero attached hydrogens (tertiary/aromatic N) is 2. The zero-order valence-electron chi connectivity index (χ0n) is 16.0. The van der Waals surface area contributed by atoms with Gasteiger partial charge in [0.05, 0.1) is 5.02 Å². The van der Waals surface area contributed by atoms with Gasteiger partial charge in [-0.2, -0.15) is 0 Å². The highest BCUT2D eigenvalue weighted by molar-refractivity contribution is 6.30. The molecule has 6 nitrogen and oxygen atoms in total. The number of nitrogens with one attached hydrogen (secondary N) is 1. The summed E-state index contributed by atoms with van der Waals surface area (Å²) >= 11 is 5.65. The normalized spacial score (nSPS) is 23.9. The van der Waals surface area contributed by atoms with Crippen molar-refractivity contribution in [2.45, 2.75) is 31.2 Å². The van der Waals surface area contributed by atoms with E-state index in [0.29, 0.717) is 24.1 Å². The molecule has 3 aliphatic carbocycles. The molecular weight excluding hydrogens is 409 g/mol. The highest BCUT2D eigenvalue weighted by atomic mass is 35.5. The maximum absolute atomic E-state index is 13.4. The van der Waals surface area contributed by atoms with Gasteiger partial charge in [0.2, 0.25) is 5.89 Å². The minimum Gasteiger partial charge on any atom is -0.486 e. The lowest BCUT2D eigenvalue weighted by molar-refractivity contribution is -0.147. The number of rotatable bonds is 8. The molecule has 0 amide bonds. The standard InChI is InChI=1S/C22H19ClFN3O3/c23-17-7-6-16(8-18(17)24)29-10-15(28)9-21-11-22(12-21,13-21)25-20-27-26-19(30-20)14-4-2-1-3-5-14/h1-8H,9-13H2,(H,25,27). The fourth-order valence-corrected chi connectivity index (χ4v) is 4.83. The minimum absolute atomic E-state index is 0.00260. The lowest BCUT2D eigenvalue weighted by Crippen LogP contribution is -2.71. The molecular formula is C22H19ClFN3O3. The van der Waals surface area contributed by atoms with E-state index in [1.807, 2.05) is 30.3 Å². The third-order valence-corrected chi connectivity index (χ3v) is 6.13. The number of carbonyl (C=O) groups excluding carboxylic acids is 1. The van der Waals surface area contributed by atoms with Crippen LogP contribution in [0.15, 0.2) is 52.9 Å². The second kappa shape index (κ2) is 7.09. The van der Waals surface area contributed by atoms with E-state index < -0.39 is 5.82 Å². The Morgan fingerprint density at radius 3 is 2.67 bits per heavy atom. The zero-order valence-corrected chi connectivity index (χ0v) is 16.8. The molecule has 154 valence electrons. The Morgan fingerprint density at radius 1 is 1.17 bits per heavy atom. The summed E-state index contributed by atoms with van der Waals surface area (Å²) in [6, 6.07) is 14.1. The van der Waals surface area contributed by atoms with Crippen molar-refractivity contribution in [3.63, 3.8) is 0 Å². The van der Waals surface area contributed by atoms with Gasteiger partial charge >= 0.3 is 6.01 Å². The SMILES string of the molecule is O=C(COc1ccc(Cl)c(F)c1)CC12CC(Nc3nnc(-c4ccccc4)o3)(C1)C2. The van der Waals surface area contributed by atoms with Gasteiger partial charge in [0, 0.05) is 23.6 Å². The van der Waals surface area contributed by atoms with Crippen molar-refractivity contribution < 1.29 is 18.3 Å². The first-order valence-corrected chi connectivity index (χ1v) is 10.1. The molecule has 2 bridgehead atoms. The summed E-state index contributed by atoms with van der Waals surface area (Å²) < 4.78 is 24.6. The molecule has 0 radical (unpaired) electrons. The van der Waals surface area contributed by atoms with E-state index >= 15 is 0 Å². The number of ether oxygens (including phenoxy) is 1. The summed E-state index contributed by atoms with van der Waals surface area (Å²) in [5, 5.41) is 11.5. The van der Waals surface area contributed by atoms with Crippen molar-refractivity contribution in [1.29, 1.82) is 0 Å². The average Bonchev–Trinajstić information content (AvgIpc) is 3.15. The van der Waals surface area contributed by atoms with Crippen molar-refractivity contribution in [2.24, 2.45) is 5.41 Å². The van der Waals surface area contributed by atoms with E-state index in [1.54, 1.807) is 6.07 Å². The monoisotopic (exact) mass is 427 g/mol. The van der Waals surface area contributed by atoms with Gasteiger partial charge in [0.25, 0.3) is 0 Å². The molecule has 2 aromatic carbocycles. The summed E-state index contributed by atoms with van der Waals surface area (Å²) in [7, 11) is 0. The first-order valence-electron chi connectivity index (χ1n) is 9.71. The molecule has 8 heteroatoms. The molecule has 3 aliphatic rings. The summed E-state index contributed by atoms with van der Waals surface area (Å²) in [4.78, 5) is 12.3. The number of benzene rings is 2. The van der Waals surface area contributed by atoms with E-state index in [9.17, 15) is 9.18 Å². The number of hydrogen-bond donors (Lipinski definition) is 1. The summed E-state index contributed by atoms with van der Waals surface area (Å²) in [6.45, 7) is -0.0760. The number of carbonyl (C=O) groups is 1. The van der Waals surface area contributed by atoms with Gasteiger partial charge in [0.15, 0.2) is 5.78 Å². The molecule has 1 N–H and O–H groups in total. The topological polar surface area (TPSA) is 77.2 Å². The molecule has 3 saturated carbocycles. The Morgan fingerprint density at radius 2 is 1.93 bits per heavy atom. The number of ketones is 1. The first-order chi connectivity index (χ1) is 14.4. The Hall–Kier alpha value is -2.93. The number of hydrogen-bond acceptors (Lipinski definition) is 6. The van der Waals surface area contributed by atoms with Gasteiger partial charge in [-0.25, -0.2) is 4.39 Å². The molecule has 0 unspecified atom stereocenters. The van der Waals surface area contributed by atoms with Crippen molar-refractivity contribution in [2.75, 3.05) is 11.9 Å². The van der Waals surface area contributed by atoms with Crippen LogP contribution < -0.4 is 10.1 Å². The van der Waals surface area contributed by atoms with Crippen molar-refractivity contribution in [3.05, 3.63) is 59.4 Å². The fraction of sp³-hybridized carbons (Fsp3) is 0.318. The molecule has 30 heavy (non-hydrogen) atoms. The van der Waals surface area contributed by atoms with Crippen LogP contribution in [0.25, 0.3) is 11.5 Å². The van der Waals surface area contributed by atoms with E-state index in [0.717, 1.165) is 24.8 Å². The van der Waals surface area contributed by atoms with Gasteiger partial charge in [-0.05, 0) is 48.9 Å². The smallest absolute Gasteiger partial charge is 0.316 e. The predicted octanol–water partition coefficient (Wildman–Crippen LogP) is 4.90. The summed E-state index contributed by atoms with van der Waals surface area (Å²) in [5.41, 5.74) is 0.820. The van der Waals surface area contributed by atoms with Crippen LogP contribution in [0.2, 0.25) is 5.02 Å². The van der Waals surface area contributed by atoms with Gasteiger partial charge in [-0.1, -0.05) is 34.9 Å². The van der Waals surface area contributed by atoms with E-state index in [1.165, 1.54) is 12.1 Å². The van der Waals surface area contributed by atoms with Crippen molar-refractivity contribution in [1.82, 2.24) is 10.2 Å². The minimum atomic E-state index is -0.564. The molecule has 0 saturated heterocycles. The van der Waals surface area contributed by atoms with Crippen LogP contribution in [0.5, 0.6) is 5.75 Å². The van der Waals surface area contributed by atoms with Gasteiger partial charge in [0.1, 0.15) is 18.2 Å². The predicted molar refractivity (Wildman–Crippen MR) is 109 cm³/mol. The molecule has 3 fully saturated rings. The molecule has 3 aromatic rings. The molecule has 1 heterocycles.